The molecule has 104 valence electrons. The number of allylic oxidation sites excluding steroid dienone is 4. The van der Waals surface area contributed by atoms with Crippen LogP contribution < -0.4 is 5.48 Å². The number of aromatic nitrogens is 1. The van der Waals surface area contributed by atoms with Gasteiger partial charge in [-0.15, -0.1) is 0 Å². The van der Waals surface area contributed by atoms with Crippen LogP contribution in [0.5, 0.6) is 0 Å². The van der Waals surface area contributed by atoms with Crippen molar-refractivity contribution in [1.29, 1.82) is 0 Å². The van der Waals surface area contributed by atoms with Crippen molar-refractivity contribution in [2.45, 2.75) is 33.4 Å². The van der Waals surface area contributed by atoms with Crippen LogP contribution in [0.25, 0.3) is 5.57 Å². The second-order valence-electron chi connectivity index (χ2n) is 3.99. The summed E-state index contributed by atoms with van der Waals surface area (Å²) in [4.78, 5) is 9.19. The van der Waals surface area contributed by atoms with E-state index < -0.39 is 6.23 Å². The molecule has 0 bridgehead atoms. The number of hydroxylamine groups is 1. The van der Waals surface area contributed by atoms with Gasteiger partial charge in [-0.25, -0.2) is 0 Å². The van der Waals surface area contributed by atoms with Crippen LogP contribution in [0, 0.1) is 0 Å². The van der Waals surface area contributed by atoms with Crippen molar-refractivity contribution in [3.8, 4) is 0 Å². The molecule has 1 unspecified atom stereocenters. The van der Waals surface area contributed by atoms with Gasteiger partial charge in [0.15, 0.2) is 6.23 Å². The van der Waals surface area contributed by atoms with Gasteiger partial charge in [-0.05, 0) is 37.5 Å². The molecule has 1 rings (SSSR count). The molecule has 0 radical (unpaired) electrons. The zero-order valence-electron chi connectivity index (χ0n) is 11.8. The molecule has 0 aliphatic heterocycles. The predicted molar refractivity (Wildman–Crippen MR) is 77.0 cm³/mol. The van der Waals surface area contributed by atoms with Crippen LogP contribution in [0.2, 0.25) is 0 Å². The summed E-state index contributed by atoms with van der Waals surface area (Å²) in [5.74, 6) is 0. The summed E-state index contributed by atoms with van der Waals surface area (Å²) in [5, 5.41) is 9.76. The number of aliphatic hydroxyl groups is 1. The average Bonchev–Trinajstić information content (AvgIpc) is 2.44. The molecule has 0 aromatic carbocycles. The van der Waals surface area contributed by atoms with E-state index in [1.165, 1.54) is 0 Å². The molecule has 4 nitrogen and oxygen atoms in total. The number of pyridine rings is 1. The van der Waals surface area contributed by atoms with Gasteiger partial charge in [0.25, 0.3) is 0 Å². The Bertz CT molecular complexity index is 424. The van der Waals surface area contributed by atoms with Gasteiger partial charge in [0, 0.05) is 6.20 Å². The van der Waals surface area contributed by atoms with E-state index >= 15 is 0 Å². The summed E-state index contributed by atoms with van der Waals surface area (Å²) in [6, 6.07) is 3.74. The summed E-state index contributed by atoms with van der Waals surface area (Å²) < 4.78 is 0. The molecular weight excluding hydrogens is 240 g/mol. The van der Waals surface area contributed by atoms with Crippen molar-refractivity contribution in [3.05, 3.63) is 47.8 Å². The maximum absolute atomic E-state index is 9.76. The number of aliphatic hydroxyl groups excluding tert-OH is 1. The minimum atomic E-state index is -0.908. The monoisotopic (exact) mass is 262 g/mol. The SMILES string of the molecule is C/C=C\C(=C/CC)c1ccc(C(O)NOCC)nc1. The van der Waals surface area contributed by atoms with Gasteiger partial charge in [0.2, 0.25) is 0 Å². The first-order chi connectivity index (χ1) is 9.22. The largest absolute Gasteiger partial charge is 0.371 e. The zero-order chi connectivity index (χ0) is 14.1. The number of hydrogen-bond acceptors (Lipinski definition) is 4. The van der Waals surface area contributed by atoms with Crippen LogP contribution in [0.3, 0.4) is 0 Å². The number of rotatable bonds is 7. The van der Waals surface area contributed by atoms with E-state index in [-0.39, 0.29) is 0 Å². The first kappa shape index (κ1) is 15.6. The first-order valence-corrected chi connectivity index (χ1v) is 6.57. The molecule has 0 aliphatic rings. The predicted octanol–water partition coefficient (Wildman–Crippen LogP) is 2.98. The molecule has 0 amide bonds. The van der Waals surface area contributed by atoms with Crippen LogP contribution in [-0.4, -0.2) is 16.7 Å². The Morgan fingerprint density at radius 3 is 2.79 bits per heavy atom. The lowest BCUT2D eigenvalue weighted by atomic mass is 10.1. The molecule has 0 saturated heterocycles. The Hall–Kier alpha value is -1.49. The molecule has 19 heavy (non-hydrogen) atoms. The third kappa shape index (κ3) is 4.95. The lowest BCUT2D eigenvalue weighted by molar-refractivity contribution is -0.0552. The highest BCUT2D eigenvalue weighted by Gasteiger charge is 2.08. The van der Waals surface area contributed by atoms with Crippen molar-refractivity contribution < 1.29 is 9.94 Å². The van der Waals surface area contributed by atoms with E-state index in [1.54, 1.807) is 12.3 Å². The second kappa shape index (κ2) is 8.58. The van der Waals surface area contributed by atoms with Crippen LogP contribution >= 0.6 is 0 Å². The highest BCUT2D eigenvalue weighted by molar-refractivity contribution is 5.73. The quantitative estimate of drug-likeness (QED) is 0.450. The maximum atomic E-state index is 9.76. The Balaban J connectivity index is 2.82. The average molecular weight is 262 g/mol. The molecule has 4 heteroatoms. The van der Waals surface area contributed by atoms with Crippen LogP contribution in [-0.2, 0) is 4.84 Å². The third-order valence-corrected chi connectivity index (χ3v) is 2.51. The molecule has 1 atom stereocenters. The highest BCUT2D eigenvalue weighted by Crippen LogP contribution is 2.17. The van der Waals surface area contributed by atoms with Crippen LogP contribution in [0.4, 0.5) is 0 Å². The molecule has 0 fully saturated rings. The van der Waals surface area contributed by atoms with Gasteiger partial charge in [-0.3, -0.25) is 9.82 Å². The molecular formula is C15H22N2O2. The second-order valence-corrected chi connectivity index (χ2v) is 3.99. The fraction of sp³-hybridized carbons (Fsp3) is 0.400. The van der Waals surface area contributed by atoms with Gasteiger partial charge in [0.1, 0.15) is 0 Å². The zero-order valence-corrected chi connectivity index (χ0v) is 11.8. The van der Waals surface area contributed by atoms with Crippen molar-refractivity contribution in [1.82, 2.24) is 10.5 Å². The van der Waals surface area contributed by atoms with E-state index in [4.69, 9.17) is 4.84 Å². The molecule has 2 N–H and O–H groups in total. The minimum absolute atomic E-state index is 0.486. The van der Waals surface area contributed by atoms with Crippen LogP contribution in [0.1, 0.15) is 44.7 Å². The van der Waals surface area contributed by atoms with Gasteiger partial charge in [0.05, 0.1) is 12.3 Å². The van der Waals surface area contributed by atoms with Gasteiger partial charge in [-0.2, -0.15) is 5.48 Å². The summed E-state index contributed by atoms with van der Waals surface area (Å²) in [7, 11) is 0. The minimum Gasteiger partial charge on any atom is -0.371 e. The molecule has 0 spiro atoms. The molecule has 0 aliphatic carbocycles. The van der Waals surface area contributed by atoms with Crippen LogP contribution in [0.15, 0.2) is 36.6 Å². The number of nitrogens with zero attached hydrogens (tertiary/aromatic N) is 1. The summed E-state index contributed by atoms with van der Waals surface area (Å²) in [6.45, 7) is 6.41. The number of nitrogens with one attached hydrogen (secondary N) is 1. The standard InChI is InChI=1S/C15H22N2O2/c1-4-7-12(8-5-2)13-9-10-14(16-11-13)15(18)17-19-6-3/h4,7-11,15,17-18H,5-6H2,1-3H3/b7-4-,12-8+. The lowest BCUT2D eigenvalue weighted by Crippen LogP contribution is -2.22. The smallest absolute Gasteiger partial charge is 0.169 e. The summed E-state index contributed by atoms with van der Waals surface area (Å²) in [6.07, 6.45) is 8.01. The highest BCUT2D eigenvalue weighted by atomic mass is 16.7. The third-order valence-electron chi connectivity index (χ3n) is 2.51. The maximum Gasteiger partial charge on any atom is 0.169 e. The van der Waals surface area contributed by atoms with E-state index in [1.807, 2.05) is 26.0 Å². The first-order valence-electron chi connectivity index (χ1n) is 6.57. The van der Waals surface area contributed by atoms with E-state index in [0.29, 0.717) is 12.3 Å². The molecule has 0 saturated carbocycles. The molecule has 1 aromatic rings. The Morgan fingerprint density at radius 1 is 1.47 bits per heavy atom. The van der Waals surface area contributed by atoms with E-state index in [9.17, 15) is 5.11 Å². The van der Waals surface area contributed by atoms with Crippen molar-refractivity contribution in [2.75, 3.05) is 6.61 Å². The van der Waals surface area contributed by atoms with Crippen molar-refractivity contribution >= 4 is 5.57 Å². The molecule has 1 heterocycles. The fourth-order valence-corrected chi connectivity index (χ4v) is 1.64. The van der Waals surface area contributed by atoms with Crippen molar-refractivity contribution in [3.63, 3.8) is 0 Å². The Labute approximate surface area is 114 Å². The van der Waals surface area contributed by atoms with Gasteiger partial charge < -0.3 is 5.11 Å². The van der Waals surface area contributed by atoms with Crippen molar-refractivity contribution in [2.24, 2.45) is 0 Å². The summed E-state index contributed by atoms with van der Waals surface area (Å²) >= 11 is 0. The molecule has 1 aromatic heterocycles. The Kier molecular flexibility index (Phi) is 7.03. The van der Waals surface area contributed by atoms with E-state index in [0.717, 1.165) is 17.6 Å². The lowest BCUT2D eigenvalue weighted by Gasteiger charge is -2.12. The Morgan fingerprint density at radius 2 is 2.26 bits per heavy atom. The normalized spacial score (nSPS) is 14.0. The summed E-state index contributed by atoms with van der Waals surface area (Å²) in [5.41, 5.74) is 5.22. The topological polar surface area (TPSA) is 54.4 Å². The van der Waals surface area contributed by atoms with E-state index in [2.05, 4.69) is 29.5 Å². The van der Waals surface area contributed by atoms with Gasteiger partial charge >= 0.3 is 0 Å². The number of hydrogen-bond donors (Lipinski definition) is 2. The van der Waals surface area contributed by atoms with Gasteiger partial charge in [-0.1, -0.05) is 31.2 Å². The fourth-order valence-electron chi connectivity index (χ4n) is 1.64.